The van der Waals surface area contributed by atoms with Crippen LogP contribution in [0.15, 0.2) is 93.7 Å². The highest BCUT2D eigenvalue weighted by molar-refractivity contribution is 7.92. The summed E-state index contributed by atoms with van der Waals surface area (Å²) >= 11 is 0. The molecule has 3 N–H and O–H groups in total. The van der Waals surface area contributed by atoms with Crippen molar-refractivity contribution in [3.8, 4) is 5.69 Å². The second-order valence-corrected chi connectivity index (χ2v) is 13.3. The zero-order valence-electron chi connectivity index (χ0n) is 27.5. The molecule has 3 heterocycles. The van der Waals surface area contributed by atoms with Crippen LogP contribution >= 0.6 is 0 Å². The minimum Gasteiger partial charge on any atom is -0.461 e. The molecule has 50 heavy (non-hydrogen) atoms. The Morgan fingerprint density at radius 2 is 1.74 bits per heavy atom. The number of aryl methyl sites for hydroxylation is 1. The number of pyridine rings is 2. The lowest BCUT2D eigenvalue weighted by molar-refractivity contribution is -0.149. The van der Waals surface area contributed by atoms with Gasteiger partial charge < -0.3 is 15.4 Å². The number of aromatic nitrogens is 4. The number of anilines is 1. The van der Waals surface area contributed by atoms with Gasteiger partial charge in [0, 0.05) is 31.9 Å². The predicted octanol–water partition coefficient (Wildman–Crippen LogP) is 2.43. The lowest BCUT2D eigenvalue weighted by Crippen LogP contribution is -2.44. The molecule has 0 unspecified atom stereocenters. The Bertz CT molecular complexity index is 2290. The molecule has 0 aliphatic rings. The molecule has 5 rings (SSSR count). The van der Waals surface area contributed by atoms with E-state index in [0.717, 1.165) is 22.3 Å². The minimum atomic E-state index is -4.05. The van der Waals surface area contributed by atoms with Crippen molar-refractivity contribution in [2.45, 2.75) is 43.9 Å². The van der Waals surface area contributed by atoms with Crippen molar-refractivity contribution in [3.63, 3.8) is 0 Å². The van der Waals surface area contributed by atoms with Gasteiger partial charge in [0.2, 0.25) is 0 Å². The van der Waals surface area contributed by atoms with Gasteiger partial charge in [0.05, 0.1) is 51.2 Å². The van der Waals surface area contributed by atoms with Crippen molar-refractivity contribution < 1.29 is 27.1 Å². The zero-order valence-corrected chi connectivity index (χ0v) is 28.3. The maximum absolute atomic E-state index is 15.2. The van der Waals surface area contributed by atoms with E-state index in [1.54, 1.807) is 33.0 Å². The van der Waals surface area contributed by atoms with E-state index in [0.29, 0.717) is 17.8 Å². The maximum Gasteiger partial charge on any atom is 0.335 e. The maximum atomic E-state index is 15.2. The molecule has 5 aromatic rings. The van der Waals surface area contributed by atoms with Gasteiger partial charge in [-0.25, -0.2) is 27.0 Å². The van der Waals surface area contributed by atoms with Crippen LogP contribution < -0.4 is 26.6 Å². The van der Waals surface area contributed by atoms with E-state index >= 15 is 4.39 Å². The minimum absolute atomic E-state index is 0.0305. The van der Waals surface area contributed by atoms with Crippen LogP contribution in [0.25, 0.3) is 16.6 Å². The third-order valence-corrected chi connectivity index (χ3v) is 8.97. The van der Waals surface area contributed by atoms with Crippen LogP contribution in [-0.4, -0.2) is 58.6 Å². The van der Waals surface area contributed by atoms with E-state index in [9.17, 15) is 27.6 Å². The fourth-order valence-corrected chi connectivity index (χ4v) is 6.16. The number of hydrogen-bond acceptors (Lipinski definition) is 10. The van der Waals surface area contributed by atoms with Gasteiger partial charge in [0.1, 0.15) is 11.9 Å². The largest absolute Gasteiger partial charge is 0.461 e. The SMILES string of the molecule is CNCc1ccc(S(=O)(=O)Nc2ccc(C(=O)N[C@@H](Cc3ccc(-n4c(=O)c5ccncc5n(C)c4=O)cn3)C(=O)OC(C)C)c(F)c2)cc1. The van der Waals surface area contributed by atoms with E-state index in [-0.39, 0.29) is 28.1 Å². The number of ether oxygens (including phenoxy) is 1. The molecule has 0 saturated heterocycles. The number of nitrogens with one attached hydrogen (secondary N) is 3. The van der Waals surface area contributed by atoms with E-state index in [1.165, 1.54) is 66.6 Å². The Hall–Kier alpha value is -5.74. The van der Waals surface area contributed by atoms with Crippen LogP contribution in [0.1, 0.15) is 35.5 Å². The number of esters is 1. The lowest BCUT2D eigenvalue weighted by atomic mass is 10.1. The molecular formula is C34H34FN7O7S. The van der Waals surface area contributed by atoms with Crippen molar-refractivity contribution in [1.29, 1.82) is 0 Å². The average molecular weight is 704 g/mol. The quantitative estimate of drug-likeness (QED) is 0.163. The number of benzene rings is 2. The predicted molar refractivity (Wildman–Crippen MR) is 183 cm³/mol. The number of rotatable bonds is 12. The number of sulfonamides is 1. The highest BCUT2D eigenvalue weighted by Crippen LogP contribution is 2.20. The van der Waals surface area contributed by atoms with Crippen molar-refractivity contribution in [2.75, 3.05) is 11.8 Å². The summed E-state index contributed by atoms with van der Waals surface area (Å²) in [5.74, 6) is -2.80. The molecule has 16 heteroatoms. The molecule has 14 nitrogen and oxygen atoms in total. The molecule has 0 saturated carbocycles. The van der Waals surface area contributed by atoms with Crippen LogP contribution in [0.3, 0.4) is 0 Å². The van der Waals surface area contributed by atoms with Gasteiger partial charge in [-0.1, -0.05) is 12.1 Å². The lowest BCUT2D eigenvalue weighted by Gasteiger charge is -2.19. The Morgan fingerprint density at radius 3 is 2.38 bits per heavy atom. The first-order chi connectivity index (χ1) is 23.8. The Kier molecular flexibility index (Phi) is 10.5. The summed E-state index contributed by atoms with van der Waals surface area (Å²) in [4.78, 5) is 60.6. The van der Waals surface area contributed by atoms with E-state index < -0.39 is 56.7 Å². The number of nitrogens with zero attached hydrogens (tertiary/aromatic N) is 4. The second kappa shape index (κ2) is 14.8. The van der Waals surface area contributed by atoms with Gasteiger partial charge in [-0.2, -0.15) is 0 Å². The van der Waals surface area contributed by atoms with Crippen LogP contribution in [0.4, 0.5) is 10.1 Å². The fourth-order valence-electron chi connectivity index (χ4n) is 5.11. The highest BCUT2D eigenvalue weighted by atomic mass is 32.2. The number of carbonyl (C=O) groups excluding carboxylic acids is 2. The van der Waals surface area contributed by atoms with Crippen molar-refractivity contribution in [3.05, 3.63) is 123 Å². The Balaban J connectivity index is 1.34. The van der Waals surface area contributed by atoms with Gasteiger partial charge >= 0.3 is 11.7 Å². The summed E-state index contributed by atoms with van der Waals surface area (Å²) in [5.41, 5.74) is -0.0397. The smallest absolute Gasteiger partial charge is 0.335 e. The number of amides is 1. The molecule has 1 amide bonds. The summed E-state index contributed by atoms with van der Waals surface area (Å²) in [5, 5.41) is 5.72. The van der Waals surface area contributed by atoms with E-state index in [1.807, 2.05) is 0 Å². The third kappa shape index (κ3) is 7.76. The summed E-state index contributed by atoms with van der Waals surface area (Å²) in [6.07, 6.45) is 3.43. The first-order valence-electron chi connectivity index (χ1n) is 15.4. The van der Waals surface area contributed by atoms with Crippen molar-refractivity contribution in [2.24, 2.45) is 7.05 Å². The number of carbonyl (C=O) groups is 2. The molecule has 0 radical (unpaired) electrons. The number of fused-ring (bicyclic) bond motifs is 1. The fraction of sp³-hybridized carbons (Fsp3) is 0.235. The van der Waals surface area contributed by atoms with Gasteiger partial charge in [0.15, 0.2) is 0 Å². The molecule has 260 valence electrons. The van der Waals surface area contributed by atoms with Gasteiger partial charge in [-0.15, -0.1) is 0 Å². The first-order valence-corrected chi connectivity index (χ1v) is 16.9. The number of halogens is 1. The zero-order chi connectivity index (χ0) is 36.2. The van der Waals surface area contributed by atoms with Gasteiger partial charge in [0.25, 0.3) is 21.5 Å². The highest BCUT2D eigenvalue weighted by Gasteiger charge is 2.27. The topological polar surface area (TPSA) is 183 Å². The van der Waals surface area contributed by atoms with Gasteiger partial charge in [-0.05, 0) is 75.0 Å². The Morgan fingerprint density at radius 1 is 1.00 bits per heavy atom. The normalized spacial score (nSPS) is 12.1. The average Bonchev–Trinajstić information content (AvgIpc) is 3.07. The van der Waals surface area contributed by atoms with E-state index in [4.69, 9.17) is 4.74 Å². The molecule has 2 aromatic carbocycles. The first kappa shape index (κ1) is 35.6. The summed E-state index contributed by atoms with van der Waals surface area (Å²) in [7, 11) is -0.778. The van der Waals surface area contributed by atoms with Crippen LogP contribution in [0, 0.1) is 5.82 Å². The second-order valence-electron chi connectivity index (χ2n) is 11.6. The monoisotopic (exact) mass is 703 g/mol. The standard InChI is InChI=1S/C34H34FN7O7S/c1-20(2)49-33(45)29(16-22-7-9-24(18-38-22)42-32(44)27-13-14-37-19-30(27)41(4)34(42)46)39-31(43)26-12-8-23(15-28(26)35)40-50(47,48)25-10-5-21(6-11-25)17-36-3/h5-15,18-20,29,36,40H,16-17H2,1-4H3,(H,39,43)/t29-/m0/s1. The molecule has 3 aromatic heterocycles. The molecule has 0 aliphatic carbocycles. The summed E-state index contributed by atoms with van der Waals surface area (Å²) < 4.78 is 50.8. The molecule has 0 bridgehead atoms. The molecule has 0 aliphatic heterocycles. The van der Waals surface area contributed by atoms with Crippen molar-refractivity contribution in [1.82, 2.24) is 29.7 Å². The summed E-state index contributed by atoms with van der Waals surface area (Å²) in [6, 6.07) is 12.5. The van der Waals surface area contributed by atoms with E-state index in [2.05, 4.69) is 25.3 Å². The summed E-state index contributed by atoms with van der Waals surface area (Å²) in [6.45, 7) is 3.80. The van der Waals surface area contributed by atoms with Crippen molar-refractivity contribution >= 4 is 38.5 Å². The molecular weight excluding hydrogens is 669 g/mol. The molecule has 0 spiro atoms. The molecule has 0 fully saturated rings. The Labute approximate surface area is 286 Å². The van der Waals surface area contributed by atoms with Crippen LogP contribution in [0.2, 0.25) is 0 Å². The van der Waals surface area contributed by atoms with Gasteiger partial charge in [-0.3, -0.25) is 28.8 Å². The third-order valence-electron chi connectivity index (χ3n) is 7.58. The number of hydrogen-bond donors (Lipinski definition) is 3. The van der Waals surface area contributed by atoms with Crippen LogP contribution in [-0.2, 0) is 39.6 Å². The van der Waals surface area contributed by atoms with Crippen LogP contribution in [0.5, 0.6) is 0 Å². The molecule has 1 atom stereocenters.